The monoisotopic (exact) mass is 348 g/mol. The number of carbonyl (C=O) groups is 2. The third-order valence-electron chi connectivity index (χ3n) is 3.24. The molecule has 0 amide bonds. The predicted molar refractivity (Wildman–Crippen MR) is 90.7 cm³/mol. The van der Waals surface area contributed by atoms with Crippen LogP contribution in [0.1, 0.15) is 25.6 Å². The molecule has 0 radical (unpaired) electrons. The van der Waals surface area contributed by atoms with Crippen molar-refractivity contribution in [1.29, 1.82) is 0 Å². The van der Waals surface area contributed by atoms with E-state index in [1.165, 1.54) is 38.9 Å². The number of benzene rings is 1. The van der Waals surface area contributed by atoms with Crippen LogP contribution in [0.5, 0.6) is 17.2 Å². The fourth-order valence-corrected chi connectivity index (χ4v) is 2.76. The molecule has 0 saturated carbocycles. The maximum absolute atomic E-state index is 12.2. The normalized spacial score (nSPS) is 10.6. The molecular formula is C17H16O6S. The highest BCUT2D eigenvalue weighted by Crippen LogP contribution is 2.35. The van der Waals surface area contributed by atoms with Crippen molar-refractivity contribution >= 4 is 29.2 Å². The summed E-state index contributed by atoms with van der Waals surface area (Å²) in [6, 6.07) is 4.71. The first-order chi connectivity index (χ1) is 11.5. The summed E-state index contributed by atoms with van der Waals surface area (Å²) in [5.41, 5.74) is 0.963. The van der Waals surface area contributed by atoms with Crippen LogP contribution in [0.3, 0.4) is 0 Å². The SMILES string of the molecule is COc1cc(OC)c(OC)cc1/C=C/C(=O)c1csc(C(=O)O)c1. The second-order valence-electron chi connectivity index (χ2n) is 4.65. The molecule has 6 nitrogen and oxygen atoms in total. The Balaban J connectivity index is 2.29. The van der Waals surface area contributed by atoms with Gasteiger partial charge in [0.25, 0.3) is 0 Å². The van der Waals surface area contributed by atoms with E-state index in [4.69, 9.17) is 19.3 Å². The molecule has 7 heteroatoms. The number of aromatic carboxylic acids is 1. The second kappa shape index (κ2) is 7.65. The summed E-state index contributed by atoms with van der Waals surface area (Å²) in [4.78, 5) is 23.2. The highest BCUT2D eigenvalue weighted by molar-refractivity contribution is 7.12. The van der Waals surface area contributed by atoms with Crippen LogP contribution in [-0.2, 0) is 0 Å². The topological polar surface area (TPSA) is 82.1 Å². The Morgan fingerprint density at radius 1 is 1.00 bits per heavy atom. The number of hydrogen-bond acceptors (Lipinski definition) is 6. The Hall–Kier alpha value is -2.80. The van der Waals surface area contributed by atoms with Crippen molar-refractivity contribution < 1.29 is 28.9 Å². The molecule has 0 atom stereocenters. The minimum Gasteiger partial charge on any atom is -0.496 e. The summed E-state index contributed by atoms with van der Waals surface area (Å²) < 4.78 is 15.7. The van der Waals surface area contributed by atoms with Gasteiger partial charge in [-0.3, -0.25) is 4.79 Å². The summed E-state index contributed by atoms with van der Waals surface area (Å²) in [6.07, 6.45) is 2.94. The molecule has 0 aliphatic heterocycles. The molecule has 1 aromatic heterocycles. The molecule has 0 bridgehead atoms. The molecule has 0 fully saturated rings. The first-order valence-corrected chi connectivity index (χ1v) is 7.72. The molecule has 0 aliphatic rings. The minimum absolute atomic E-state index is 0.121. The lowest BCUT2D eigenvalue weighted by Crippen LogP contribution is -1.96. The van der Waals surface area contributed by atoms with Crippen LogP contribution in [-0.4, -0.2) is 38.2 Å². The molecule has 1 aromatic carbocycles. The molecule has 2 aromatic rings. The molecule has 24 heavy (non-hydrogen) atoms. The Labute approximate surface area is 142 Å². The van der Waals surface area contributed by atoms with Crippen molar-refractivity contribution in [3.05, 3.63) is 45.7 Å². The van der Waals surface area contributed by atoms with Gasteiger partial charge in [-0.05, 0) is 24.3 Å². The van der Waals surface area contributed by atoms with E-state index in [0.717, 1.165) is 11.3 Å². The largest absolute Gasteiger partial charge is 0.496 e. The Kier molecular flexibility index (Phi) is 5.59. The maximum Gasteiger partial charge on any atom is 0.345 e. The number of carbonyl (C=O) groups excluding carboxylic acids is 1. The smallest absolute Gasteiger partial charge is 0.345 e. The average Bonchev–Trinajstić information content (AvgIpc) is 3.09. The van der Waals surface area contributed by atoms with Gasteiger partial charge in [0.05, 0.1) is 21.3 Å². The zero-order valence-corrected chi connectivity index (χ0v) is 14.2. The van der Waals surface area contributed by atoms with Gasteiger partial charge in [-0.2, -0.15) is 0 Å². The van der Waals surface area contributed by atoms with E-state index in [2.05, 4.69) is 0 Å². The van der Waals surface area contributed by atoms with Gasteiger partial charge in [-0.25, -0.2) is 4.79 Å². The van der Waals surface area contributed by atoms with Gasteiger partial charge in [-0.15, -0.1) is 11.3 Å². The molecular weight excluding hydrogens is 332 g/mol. The van der Waals surface area contributed by atoms with Gasteiger partial charge in [0.15, 0.2) is 17.3 Å². The van der Waals surface area contributed by atoms with Crippen molar-refractivity contribution in [2.24, 2.45) is 0 Å². The van der Waals surface area contributed by atoms with Gasteiger partial charge in [0.1, 0.15) is 10.6 Å². The van der Waals surface area contributed by atoms with Crippen LogP contribution in [0.25, 0.3) is 6.08 Å². The van der Waals surface area contributed by atoms with Crippen molar-refractivity contribution in [3.63, 3.8) is 0 Å². The summed E-state index contributed by atoms with van der Waals surface area (Å²) in [5, 5.41) is 10.4. The molecule has 0 saturated heterocycles. The quantitative estimate of drug-likeness (QED) is 0.610. The Bertz CT molecular complexity index is 790. The van der Waals surface area contributed by atoms with E-state index in [1.54, 1.807) is 18.2 Å². The summed E-state index contributed by atoms with van der Waals surface area (Å²) >= 11 is 1.01. The average molecular weight is 348 g/mol. The maximum atomic E-state index is 12.2. The lowest BCUT2D eigenvalue weighted by molar-refractivity contribution is 0.0702. The highest BCUT2D eigenvalue weighted by atomic mass is 32.1. The number of carboxylic acid groups (broad SMARTS) is 1. The summed E-state index contributed by atoms with van der Waals surface area (Å²) in [7, 11) is 4.55. The lowest BCUT2D eigenvalue weighted by atomic mass is 10.1. The third kappa shape index (κ3) is 3.75. The van der Waals surface area contributed by atoms with Crippen molar-refractivity contribution in [2.75, 3.05) is 21.3 Å². The zero-order valence-electron chi connectivity index (χ0n) is 13.4. The van der Waals surface area contributed by atoms with E-state index in [9.17, 15) is 9.59 Å². The predicted octanol–water partition coefficient (Wildman–Crippen LogP) is 3.37. The molecule has 0 unspecified atom stereocenters. The number of methoxy groups -OCH3 is 3. The van der Waals surface area contributed by atoms with E-state index in [0.29, 0.717) is 28.4 Å². The first kappa shape index (κ1) is 17.6. The van der Waals surface area contributed by atoms with Crippen molar-refractivity contribution in [3.8, 4) is 17.2 Å². The Morgan fingerprint density at radius 3 is 2.17 bits per heavy atom. The van der Waals surface area contributed by atoms with Gasteiger partial charge < -0.3 is 19.3 Å². The highest BCUT2D eigenvalue weighted by Gasteiger charge is 2.12. The van der Waals surface area contributed by atoms with Crippen molar-refractivity contribution in [2.45, 2.75) is 0 Å². The van der Waals surface area contributed by atoms with E-state index in [-0.39, 0.29) is 10.7 Å². The van der Waals surface area contributed by atoms with E-state index >= 15 is 0 Å². The van der Waals surface area contributed by atoms with Crippen LogP contribution >= 0.6 is 11.3 Å². The van der Waals surface area contributed by atoms with Gasteiger partial charge >= 0.3 is 5.97 Å². The number of carboxylic acids is 1. The van der Waals surface area contributed by atoms with Crippen LogP contribution in [0.2, 0.25) is 0 Å². The van der Waals surface area contributed by atoms with Crippen LogP contribution in [0, 0.1) is 0 Å². The fraction of sp³-hybridized carbons (Fsp3) is 0.176. The van der Waals surface area contributed by atoms with Crippen LogP contribution in [0.4, 0.5) is 0 Å². The lowest BCUT2D eigenvalue weighted by Gasteiger charge is -2.12. The van der Waals surface area contributed by atoms with E-state index < -0.39 is 5.97 Å². The number of allylic oxidation sites excluding steroid dienone is 1. The molecule has 1 N–H and O–H groups in total. The minimum atomic E-state index is -1.05. The molecule has 0 aliphatic carbocycles. The molecule has 126 valence electrons. The van der Waals surface area contributed by atoms with Gasteiger partial charge in [-0.1, -0.05) is 0 Å². The first-order valence-electron chi connectivity index (χ1n) is 6.84. The number of thiophene rings is 1. The van der Waals surface area contributed by atoms with Gasteiger partial charge in [0.2, 0.25) is 0 Å². The Morgan fingerprint density at radius 2 is 1.62 bits per heavy atom. The summed E-state index contributed by atoms with van der Waals surface area (Å²) in [5.74, 6) is 0.198. The third-order valence-corrected chi connectivity index (χ3v) is 4.16. The fourth-order valence-electron chi connectivity index (χ4n) is 2.02. The van der Waals surface area contributed by atoms with Crippen LogP contribution < -0.4 is 14.2 Å². The standard InChI is InChI=1S/C17H16O6S/c1-21-13-8-15(23-3)14(22-2)6-10(13)4-5-12(18)11-7-16(17(19)20)24-9-11/h4-9H,1-3H3,(H,19,20)/b5-4+. The zero-order chi connectivity index (χ0) is 17.7. The molecule has 1 heterocycles. The summed E-state index contributed by atoms with van der Waals surface area (Å²) in [6.45, 7) is 0. The number of ether oxygens (including phenoxy) is 3. The number of ketones is 1. The number of hydrogen-bond donors (Lipinski definition) is 1. The number of rotatable bonds is 7. The van der Waals surface area contributed by atoms with E-state index in [1.807, 2.05) is 0 Å². The molecule has 0 spiro atoms. The van der Waals surface area contributed by atoms with Crippen molar-refractivity contribution in [1.82, 2.24) is 0 Å². The molecule has 2 rings (SSSR count). The second-order valence-corrected chi connectivity index (χ2v) is 5.56. The van der Waals surface area contributed by atoms with Crippen LogP contribution in [0.15, 0.2) is 29.7 Å². The van der Waals surface area contributed by atoms with Gasteiger partial charge in [0, 0.05) is 22.6 Å².